The number of nitro benzene ring substituents is 1. The van der Waals surface area contributed by atoms with E-state index >= 15 is 0 Å². The first-order chi connectivity index (χ1) is 5.25. The largest absolute Gasteiger partial charge is 0.490 e. The summed E-state index contributed by atoms with van der Waals surface area (Å²) in [5.41, 5.74) is -0.00463. The summed E-state index contributed by atoms with van der Waals surface area (Å²) in [6, 6.07) is 6.24. The van der Waals surface area contributed by atoms with Gasteiger partial charge in [-0.25, -0.2) is 0 Å². The summed E-state index contributed by atoms with van der Waals surface area (Å²) in [7, 11) is 1.41. The Morgan fingerprint density at radius 1 is 1.45 bits per heavy atom. The maximum Gasteiger partial charge on any atom is 0.310 e. The van der Waals surface area contributed by atoms with Crippen molar-refractivity contribution in [2.45, 2.75) is 0 Å². The third-order valence-electron chi connectivity index (χ3n) is 1.28. The Bertz CT molecular complexity index is 272. The summed E-state index contributed by atoms with van der Waals surface area (Å²) in [6.07, 6.45) is 0. The maximum absolute atomic E-state index is 10.3. The summed E-state index contributed by atoms with van der Waals surface area (Å²) < 4.78 is 4.76. The lowest BCUT2D eigenvalue weighted by Crippen LogP contribution is -1.92. The van der Waals surface area contributed by atoms with E-state index in [0.29, 0.717) is 0 Å². The normalized spacial score (nSPS) is 9.18. The van der Waals surface area contributed by atoms with E-state index in [-0.39, 0.29) is 11.4 Å². The van der Waals surface area contributed by atoms with E-state index in [1.54, 1.807) is 18.2 Å². The quantitative estimate of drug-likeness (QED) is 0.369. The number of benzene rings is 1. The second kappa shape index (κ2) is 3.01. The molecule has 58 valence electrons. The van der Waals surface area contributed by atoms with Crippen LogP contribution in [-0.2, 0) is 0 Å². The number of para-hydroxylation sites is 2. The molecule has 0 unspecified atom stereocenters. The van der Waals surface area contributed by atoms with E-state index in [9.17, 15) is 10.1 Å². The minimum atomic E-state index is -0.473. The molecule has 0 amide bonds. The van der Waals surface area contributed by atoms with Gasteiger partial charge in [0.15, 0.2) is 5.75 Å². The van der Waals surface area contributed by atoms with Crippen molar-refractivity contribution in [1.82, 2.24) is 0 Å². The molecular formula is C7H7NO3. The fourth-order valence-electron chi connectivity index (χ4n) is 0.781. The van der Waals surface area contributed by atoms with E-state index < -0.39 is 4.92 Å². The van der Waals surface area contributed by atoms with Crippen molar-refractivity contribution in [1.29, 1.82) is 0 Å². The van der Waals surface area contributed by atoms with Crippen LogP contribution < -0.4 is 4.74 Å². The molecule has 0 bridgehead atoms. The first kappa shape index (κ1) is 7.53. The van der Waals surface area contributed by atoms with E-state index in [0.717, 1.165) is 0 Å². The van der Waals surface area contributed by atoms with Crippen LogP contribution in [0, 0.1) is 10.1 Å². The molecule has 0 aliphatic heterocycles. The van der Waals surface area contributed by atoms with Gasteiger partial charge in [-0.15, -0.1) is 0 Å². The zero-order chi connectivity index (χ0) is 8.27. The highest BCUT2D eigenvalue weighted by atomic mass is 16.9. The van der Waals surface area contributed by atoms with Crippen molar-refractivity contribution in [3.63, 3.8) is 0 Å². The molecule has 1 aromatic carbocycles. The molecule has 0 spiro atoms. The van der Waals surface area contributed by atoms with Crippen LogP contribution in [-0.4, -0.2) is 12.0 Å². The van der Waals surface area contributed by atoms with Crippen molar-refractivity contribution in [2.24, 2.45) is 0 Å². The SMILES string of the molecule is COc1ccccc1[15N+](=O)[O-]. The molecule has 1 rings (SSSR count). The van der Waals surface area contributed by atoms with Gasteiger partial charge in [0.05, 0.1) is 12.0 Å². The van der Waals surface area contributed by atoms with E-state index in [1.165, 1.54) is 13.2 Å². The minimum Gasteiger partial charge on any atom is -0.490 e. The summed E-state index contributed by atoms with van der Waals surface area (Å²) in [4.78, 5) is 9.83. The minimum absolute atomic E-state index is 0.00463. The molecule has 0 aromatic heterocycles. The van der Waals surface area contributed by atoms with Gasteiger partial charge >= 0.3 is 5.69 Å². The second-order valence-electron chi connectivity index (χ2n) is 1.93. The fraction of sp³-hybridized carbons (Fsp3) is 0.143. The number of methoxy groups -OCH3 is 1. The van der Waals surface area contributed by atoms with Gasteiger partial charge in [-0.2, -0.15) is 0 Å². The van der Waals surface area contributed by atoms with E-state index in [2.05, 4.69) is 0 Å². The molecule has 0 aliphatic rings. The lowest BCUT2D eigenvalue weighted by atomic mass is 10.3. The predicted octanol–water partition coefficient (Wildman–Crippen LogP) is 1.60. The van der Waals surface area contributed by atoms with Crippen molar-refractivity contribution in [3.8, 4) is 5.75 Å². The Balaban J connectivity index is 3.12. The third kappa shape index (κ3) is 1.46. The van der Waals surface area contributed by atoms with Crippen LogP contribution in [0.25, 0.3) is 0 Å². The van der Waals surface area contributed by atoms with Crippen LogP contribution in [0.1, 0.15) is 0 Å². The molecule has 0 aliphatic carbocycles. The van der Waals surface area contributed by atoms with Crippen LogP contribution in [0.3, 0.4) is 0 Å². The van der Waals surface area contributed by atoms with Gasteiger partial charge in [-0.3, -0.25) is 10.1 Å². The van der Waals surface area contributed by atoms with Crippen LogP contribution in [0.4, 0.5) is 5.69 Å². The molecule has 0 saturated carbocycles. The smallest absolute Gasteiger partial charge is 0.310 e. The lowest BCUT2D eigenvalue weighted by Gasteiger charge is -1.98. The van der Waals surface area contributed by atoms with Crippen LogP contribution in [0.2, 0.25) is 0 Å². The predicted molar refractivity (Wildman–Crippen MR) is 39.6 cm³/mol. The molecule has 0 saturated heterocycles. The first-order valence-electron chi connectivity index (χ1n) is 3.03. The molecule has 0 N–H and O–H groups in total. The number of rotatable bonds is 2. The number of hydrogen-bond donors (Lipinski definition) is 0. The average molecular weight is 154 g/mol. The number of nitro groups is 1. The number of nitrogens with zero attached hydrogens (tertiary/aromatic N) is 1. The van der Waals surface area contributed by atoms with Crippen molar-refractivity contribution in [2.75, 3.05) is 7.11 Å². The Labute approximate surface area is 63.6 Å². The van der Waals surface area contributed by atoms with Crippen LogP contribution >= 0.6 is 0 Å². The van der Waals surface area contributed by atoms with Crippen molar-refractivity contribution in [3.05, 3.63) is 34.4 Å². The van der Waals surface area contributed by atoms with Crippen LogP contribution in [0.5, 0.6) is 5.75 Å². The summed E-state index contributed by atoms with van der Waals surface area (Å²) in [6.45, 7) is 0. The van der Waals surface area contributed by atoms with E-state index in [4.69, 9.17) is 4.74 Å². The summed E-state index contributed by atoms with van der Waals surface area (Å²) in [5.74, 6) is 0.289. The number of hydrogen-bond acceptors (Lipinski definition) is 3. The van der Waals surface area contributed by atoms with Gasteiger partial charge in [0, 0.05) is 6.07 Å². The molecule has 4 nitrogen and oxygen atoms in total. The summed E-state index contributed by atoms with van der Waals surface area (Å²) in [5, 5.41) is 10.3. The third-order valence-corrected chi connectivity index (χ3v) is 1.28. The maximum atomic E-state index is 10.3. The molecule has 0 heterocycles. The fourth-order valence-corrected chi connectivity index (χ4v) is 0.781. The van der Waals surface area contributed by atoms with Gasteiger partial charge in [-0.05, 0) is 6.07 Å². The second-order valence-corrected chi connectivity index (χ2v) is 1.93. The van der Waals surface area contributed by atoms with Crippen LogP contribution in [0.15, 0.2) is 24.3 Å². The zero-order valence-corrected chi connectivity index (χ0v) is 5.98. The molecule has 4 heteroatoms. The zero-order valence-electron chi connectivity index (χ0n) is 5.98. The molecule has 0 radical (unpaired) electrons. The monoisotopic (exact) mass is 154 g/mol. The van der Waals surface area contributed by atoms with E-state index in [1.807, 2.05) is 0 Å². The highest BCUT2D eigenvalue weighted by Gasteiger charge is 2.11. The van der Waals surface area contributed by atoms with Gasteiger partial charge in [-0.1, -0.05) is 12.1 Å². The first-order valence-corrected chi connectivity index (χ1v) is 3.03. The van der Waals surface area contributed by atoms with Gasteiger partial charge in [0.2, 0.25) is 0 Å². The summed E-state index contributed by atoms with van der Waals surface area (Å²) >= 11 is 0. The standard InChI is InChI=1S/C7H7NO3/c1-11-7-5-3-2-4-6(7)8(9)10/h2-5H,1H3/i8+1. The van der Waals surface area contributed by atoms with Gasteiger partial charge < -0.3 is 4.74 Å². The molecular weight excluding hydrogens is 147 g/mol. The molecule has 0 fully saturated rings. The lowest BCUT2D eigenvalue weighted by molar-refractivity contribution is -0.385. The molecule has 1 aromatic rings. The van der Waals surface area contributed by atoms with Gasteiger partial charge in [0.25, 0.3) is 0 Å². The Hall–Kier alpha value is -1.58. The van der Waals surface area contributed by atoms with Crippen molar-refractivity contribution >= 4 is 5.69 Å². The Kier molecular flexibility index (Phi) is 2.06. The highest BCUT2D eigenvalue weighted by Crippen LogP contribution is 2.24. The Morgan fingerprint density at radius 2 is 2.09 bits per heavy atom. The van der Waals surface area contributed by atoms with Crippen molar-refractivity contribution < 1.29 is 9.66 Å². The number of ether oxygens (including phenoxy) is 1. The molecule has 11 heavy (non-hydrogen) atoms. The topological polar surface area (TPSA) is 52.4 Å². The van der Waals surface area contributed by atoms with Gasteiger partial charge in [0.1, 0.15) is 0 Å². The molecule has 0 atom stereocenters. The average Bonchev–Trinajstić information content (AvgIpc) is 2.04. The highest BCUT2D eigenvalue weighted by molar-refractivity contribution is 5.45. The Morgan fingerprint density at radius 3 is 2.55 bits per heavy atom.